The van der Waals surface area contributed by atoms with Crippen molar-refractivity contribution < 1.29 is 13.5 Å². The lowest BCUT2D eigenvalue weighted by Crippen LogP contribution is -2.41. The van der Waals surface area contributed by atoms with Gasteiger partial charge in [-0.05, 0) is 40.2 Å². The minimum Gasteiger partial charge on any atom is -0.399 e. The summed E-state index contributed by atoms with van der Waals surface area (Å²) in [5.74, 6) is 0. The van der Waals surface area contributed by atoms with Gasteiger partial charge in [0.15, 0.2) is 0 Å². The van der Waals surface area contributed by atoms with Gasteiger partial charge >= 0.3 is 7.12 Å². The van der Waals surface area contributed by atoms with Crippen LogP contribution in [0.4, 0.5) is 0 Å². The van der Waals surface area contributed by atoms with E-state index in [1.807, 2.05) is 40.7 Å². The third-order valence-corrected chi connectivity index (χ3v) is 4.82. The maximum Gasteiger partial charge on any atom is 0.496 e. The van der Waals surface area contributed by atoms with Crippen LogP contribution < -0.4 is 5.46 Å². The molecule has 0 aliphatic carbocycles. The fraction of sp³-hybridized carbons (Fsp3) is 0.615. The molecule has 6 heteroatoms. The smallest absolute Gasteiger partial charge is 0.399 e. The summed E-state index contributed by atoms with van der Waals surface area (Å²) in [5.41, 5.74) is 1.04. The highest BCUT2D eigenvalue weighted by Crippen LogP contribution is 2.36. The molecule has 1 aromatic rings. The Bertz CT molecular complexity index is 515. The van der Waals surface area contributed by atoms with E-state index in [1.165, 1.54) is 0 Å². The average Bonchev–Trinajstić information content (AvgIpc) is 2.47. The zero-order chi connectivity index (χ0) is 14.4. The molecule has 4 nitrogen and oxygen atoms in total. The van der Waals surface area contributed by atoms with Gasteiger partial charge in [-0.25, -0.2) is 4.98 Å². The number of aromatic nitrogens is 1. The van der Waals surface area contributed by atoms with E-state index in [0.717, 1.165) is 11.0 Å². The Balaban J connectivity index is 2.31. The zero-order valence-corrected chi connectivity index (χ0v) is 13.1. The number of hydrogen-bond donors (Lipinski definition) is 0. The van der Waals surface area contributed by atoms with E-state index in [1.54, 1.807) is 12.5 Å². The molecule has 1 fully saturated rings. The highest BCUT2D eigenvalue weighted by molar-refractivity contribution is 7.84. The van der Waals surface area contributed by atoms with Gasteiger partial charge in [0.25, 0.3) is 0 Å². The first-order valence-electron chi connectivity index (χ1n) is 6.30. The highest BCUT2D eigenvalue weighted by Gasteiger charge is 2.51. The van der Waals surface area contributed by atoms with Crippen LogP contribution in [0.15, 0.2) is 17.3 Å². The Morgan fingerprint density at radius 1 is 1.21 bits per heavy atom. The normalized spacial score (nSPS) is 22.5. The molecule has 19 heavy (non-hydrogen) atoms. The molecule has 0 bridgehead atoms. The standard InChI is InChI=1S/C13H20BNO3S/c1-9-7-10(8-15-11(9)19(6)16)14-17-12(2,3)13(4,5)18-14/h7-8H,1-6H3. The van der Waals surface area contributed by atoms with Crippen LogP contribution in [-0.4, -0.2) is 33.8 Å². The highest BCUT2D eigenvalue weighted by atomic mass is 32.2. The predicted molar refractivity (Wildman–Crippen MR) is 77.0 cm³/mol. The van der Waals surface area contributed by atoms with E-state index in [-0.39, 0.29) is 11.2 Å². The molecule has 1 atom stereocenters. The fourth-order valence-electron chi connectivity index (χ4n) is 1.99. The van der Waals surface area contributed by atoms with Crippen molar-refractivity contribution in [2.45, 2.75) is 50.8 Å². The number of pyridine rings is 1. The molecule has 0 spiro atoms. The van der Waals surface area contributed by atoms with Gasteiger partial charge in [0.2, 0.25) is 0 Å². The monoisotopic (exact) mass is 281 g/mol. The number of hydrogen-bond acceptors (Lipinski definition) is 4. The van der Waals surface area contributed by atoms with E-state index in [9.17, 15) is 4.21 Å². The Hall–Kier alpha value is -0.715. The largest absolute Gasteiger partial charge is 0.496 e. The average molecular weight is 281 g/mol. The second kappa shape index (κ2) is 4.68. The van der Waals surface area contributed by atoms with Crippen LogP contribution >= 0.6 is 0 Å². The molecule has 0 saturated carbocycles. The molecule has 104 valence electrons. The Morgan fingerprint density at radius 2 is 1.74 bits per heavy atom. The van der Waals surface area contributed by atoms with Crippen LogP contribution in [0, 0.1) is 6.92 Å². The molecule has 0 amide bonds. The summed E-state index contributed by atoms with van der Waals surface area (Å²) in [4.78, 5) is 4.26. The minimum atomic E-state index is -1.07. The summed E-state index contributed by atoms with van der Waals surface area (Å²) >= 11 is 0. The van der Waals surface area contributed by atoms with Gasteiger partial charge in [-0.2, -0.15) is 0 Å². The molecule has 1 aliphatic heterocycles. The molecule has 0 radical (unpaired) electrons. The van der Waals surface area contributed by atoms with Gasteiger partial charge in [-0.3, -0.25) is 4.21 Å². The van der Waals surface area contributed by atoms with E-state index in [0.29, 0.717) is 5.03 Å². The minimum absolute atomic E-state index is 0.363. The third-order valence-electron chi connectivity index (χ3n) is 3.85. The van der Waals surface area contributed by atoms with Gasteiger partial charge in [-0.1, -0.05) is 6.07 Å². The van der Waals surface area contributed by atoms with Crippen LogP contribution in [0.1, 0.15) is 33.3 Å². The SMILES string of the molecule is Cc1cc(B2OC(C)(C)C(C)(C)O2)cnc1S(C)=O. The van der Waals surface area contributed by atoms with Crippen molar-refractivity contribution in [3.8, 4) is 0 Å². The van der Waals surface area contributed by atoms with Crippen LogP contribution in [0.25, 0.3) is 0 Å². The predicted octanol–water partition coefficient (Wildman–Crippen LogP) is 1.43. The Kier molecular flexibility index (Phi) is 3.62. The number of nitrogens with zero attached hydrogens (tertiary/aromatic N) is 1. The molecule has 1 aliphatic rings. The van der Waals surface area contributed by atoms with Gasteiger partial charge in [0, 0.05) is 17.9 Å². The quantitative estimate of drug-likeness (QED) is 0.769. The molecular formula is C13H20BNO3S. The summed E-state index contributed by atoms with van der Waals surface area (Å²) in [5, 5.41) is 0.611. The van der Waals surface area contributed by atoms with Crippen molar-refractivity contribution in [2.24, 2.45) is 0 Å². The summed E-state index contributed by atoms with van der Waals surface area (Å²) < 4.78 is 23.4. The van der Waals surface area contributed by atoms with Crippen LogP contribution in [0.2, 0.25) is 0 Å². The first-order valence-corrected chi connectivity index (χ1v) is 7.85. The van der Waals surface area contributed by atoms with Crippen LogP contribution in [-0.2, 0) is 20.1 Å². The molecule has 0 N–H and O–H groups in total. The summed E-state index contributed by atoms with van der Waals surface area (Å²) in [6.07, 6.45) is 3.32. The lowest BCUT2D eigenvalue weighted by Gasteiger charge is -2.32. The van der Waals surface area contributed by atoms with Crippen molar-refractivity contribution in [1.82, 2.24) is 4.98 Å². The molecule has 1 unspecified atom stereocenters. The van der Waals surface area contributed by atoms with Crippen molar-refractivity contribution in [1.29, 1.82) is 0 Å². The summed E-state index contributed by atoms with van der Waals surface area (Å²) in [6, 6.07) is 1.94. The summed E-state index contributed by atoms with van der Waals surface area (Å²) in [6.45, 7) is 9.97. The molecule has 1 aromatic heterocycles. The van der Waals surface area contributed by atoms with E-state index in [2.05, 4.69) is 4.98 Å². The van der Waals surface area contributed by atoms with Gasteiger partial charge in [0.05, 0.1) is 22.0 Å². The van der Waals surface area contributed by atoms with Gasteiger partial charge in [0.1, 0.15) is 5.03 Å². The van der Waals surface area contributed by atoms with Gasteiger partial charge < -0.3 is 9.31 Å². The zero-order valence-electron chi connectivity index (χ0n) is 12.3. The van der Waals surface area contributed by atoms with Crippen LogP contribution in [0.3, 0.4) is 0 Å². The van der Waals surface area contributed by atoms with Crippen molar-refractivity contribution in [2.75, 3.05) is 6.26 Å². The lowest BCUT2D eigenvalue weighted by molar-refractivity contribution is 0.00578. The molecule has 2 rings (SSSR count). The van der Waals surface area contributed by atoms with Crippen molar-refractivity contribution in [3.05, 3.63) is 17.8 Å². The topological polar surface area (TPSA) is 48.4 Å². The first kappa shape index (κ1) is 14.7. The maximum absolute atomic E-state index is 11.5. The molecule has 1 saturated heterocycles. The van der Waals surface area contributed by atoms with E-state index in [4.69, 9.17) is 9.31 Å². The van der Waals surface area contributed by atoms with E-state index < -0.39 is 17.9 Å². The second-order valence-electron chi connectivity index (χ2n) is 5.93. The maximum atomic E-state index is 11.5. The van der Waals surface area contributed by atoms with E-state index >= 15 is 0 Å². The lowest BCUT2D eigenvalue weighted by atomic mass is 9.80. The molecular weight excluding hydrogens is 261 g/mol. The van der Waals surface area contributed by atoms with Crippen molar-refractivity contribution >= 4 is 23.4 Å². The third kappa shape index (κ3) is 2.62. The Morgan fingerprint density at radius 3 is 2.16 bits per heavy atom. The second-order valence-corrected chi connectivity index (χ2v) is 7.23. The fourth-order valence-corrected chi connectivity index (χ4v) is 2.71. The molecule has 0 aromatic carbocycles. The first-order chi connectivity index (χ1) is 8.64. The summed E-state index contributed by atoms with van der Waals surface area (Å²) in [7, 11) is -1.49. The number of aryl methyl sites for hydroxylation is 1. The van der Waals surface area contributed by atoms with Crippen molar-refractivity contribution in [3.63, 3.8) is 0 Å². The van der Waals surface area contributed by atoms with Crippen LogP contribution in [0.5, 0.6) is 0 Å². The van der Waals surface area contributed by atoms with Gasteiger partial charge in [-0.15, -0.1) is 0 Å². The molecule has 2 heterocycles. The number of rotatable bonds is 2. The Labute approximate surface area is 117 Å².